The normalized spacial score (nSPS) is 31.6. The summed E-state index contributed by atoms with van der Waals surface area (Å²) in [5, 5.41) is 6.00. The molecule has 0 unspecified atom stereocenters. The van der Waals surface area contributed by atoms with Crippen LogP contribution in [0.3, 0.4) is 0 Å². The van der Waals surface area contributed by atoms with Crippen LogP contribution in [0, 0.1) is 22.7 Å². The Kier molecular flexibility index (Phi) is 9.71. The van der Waals surface area contributed by atoms with E-state index in [-0.39, 0.29) is 34.5 Å². The highest BCUT2D eigenvalue weighted by Gasteiger charge is 2.58. The maximum atomic E-state index is 14.6. The number of ether oxygens (including phenoxy) is 2. The Balaban J connectivity index is 1.22. The molecule has 2 aromatic carbocycles. The van der Waals surface area contributed by atoms with Crippen LogP contribution < -0.4 is 15.4 Å². The molecule has 0 aliphatic heterocycles. The van der Waals surface area contributed by atoms with E-state index in [0.29, 0.717) is 12.3 Å². The molecule has 6 rings (SSSR count). The molecule has 0 spiro atoms. The summed E-state index contributed by atoms with van der Waals surface area (Å²) >= 11 is 0. The third kappa shape index (κ3) is 6.47. The fourth-order valence-electron chi connectivity index (χ4n) is 10.8. The zero-order valence-electron chi connectivity index (χ0n) is 31.9. The summed E-state index contributed by atoms with van der Waals surface area (Å²) in [7, 11) is 0. The number of amides is 3. The minimum Gasteiger partial charge on any atom is -0.494 e. The molecule has 2 N–H and O–H groups in total. The molecule has 7 heteroatoms. The van der Waals surface area contributed by atoms with Crippen molar-refractivity contribution in [1.82, 2.24) is 5.32 Å². The molecule has 0 radical (unpaired) electrons. The fraction of sp³-hybridized carbons (Fsp3) is 0.651. The first-order chi connectivity index (χ1) is 23.5. The molecule has 7 nitrogen and oxygen atoms in total. The van der Waals surface area contributed by atoms with Gasteiger partial charge in [0.15, 0.2) is 0 Å². The van der Waals surface area contributed by atoms with Gasteiger partial charge in [-0.2, -0.15) is 0 Å². The van der Waals surface area contributed by atoms with Crippen LogP contribution in [0.15, 0.2) is 36.4 Å². The van der Waals surface area contributed by atoms with Crippen molar-refractivity contribution in [2.24, 2.45) is 22.7 Å². The van der Waals surface area contributed by atoms with Crippen LogP contribution in [0.2, 0.25) is 0 Å². The lowest BCUT2D eigenvalue weighted by Crippen LogP contribution is -2.60. The molecule has 6 atom stereocenters. The van der Waals surface area contributed by atoms with Crippen molar-refractivity contribution in [3.05, 3.63) is 58.7 Å². The quantitative estimate of drug-likeness (QED) is 0.224. The van der Waals surface area contributed by atoms with E-state index in [1.807, 2.05) is 26.8 Å². The summed E-state index contributed by atoms with van der Waals surface area (Å²) in [4.78, 5) is 41.7. The van der Waals surface area contributed by atoms with Crippen LogP contribution in [0.25, 0.3) is 0 Å². The average molecular weight is 685 g/mol. The van der Waals surface area contributed by atoms with Crippen molar-refractivity contribution >= 4 is 23.6 Å². The first kappa shape index (κ1) is 36.4. The number of carbonyl (C=O) groups is 3. The zero-order chi connectivity index (χ0) is 36.1. The number of hydrogen-bond acceptors (Lipinski definition) is 5. The highest BCUT2D eigenvalue weighted by Crippen LogP contribution is 2.60. The van der Waals surface area contributed by atoms with Crippen molar-refractivity contribution in [2.75, 3.05) is 11.9 Å². The molecule has 50 heavy (non-hydrogen) atoms. The SMILES string of the molecule is CCCCOc1ccc2c(c1)[C@@]1(C)CCC[C@](C)(C(=O)NC(=O)[C@@]3(C)CCC[C@]4(C)c5cc(NC(=O)OC(C)(C)C)ccc5CC[C@@H]34)[C@@H]1CC2. The van der Waals surface area contributed by atoms with E-state index in [2.05, 4.69) is 75.6 Å². The Morgan fingerprint density at radius 2 is 1.32 bits per heavy atom. The number of anilines is 1. The Labute approximate surface area is 300 Å². The standard InChI is InChI=1S/C43H60N2O5/c1-9-10-25-49-31-18-14-29-16-20-35-41(6,33(29)27-31)22-12-24-43(35,8)37(47)45-36(46)42(7)23-11-21-40(5)32-26-30(44-38(48)50-39(2,3)4)17-13-28(32)15-19-34(40)42/h13-14,17-18,26-27,34-35H,9-12,15-16,19-25H2,1-8H3,(H,44,48)(H,45,46,47)/t34-,35-,40-,41-,42+,43+/m1/s1. The molecule has 0 saturated heterocycles. The van der Waals surface area contributed by atoms with Crippen molar-refractivity contribution in [3.63, 3.8) is 0 Å². The number of carbonyl (C=O) groups excluding carboxylic acids is 3. The van der Waals surface area contributed by atoms with Gasteiger partial charge >= 0.3 is 6.09 Å². The molecule has 4 aliphatic rings. The van der Waals surface area contributed by atoms with Gasteiger partial charge in [-0.15, -0.1) is 0 Å². The molecule has 0 bridgehead atoms. The number of hydrogen-bond donors (Lipinski definition) is 2. The first-order valence-electron chi connectivity index (χ1n) is 19.3. The number of benzene rings is 2. The molecule has 272 valence electrons. The number of imide groups is 1. The second-order valence-electron chi connectivity index (χ2n) is 17.9. The van der Waals surface area contributed by atoms with Crippen LogP contribution in [0.4, 0.5) is 10.5 Å². The number of rotatable bonds is 7. The van der Waals surface area contributed by atoms with Crippen LogP contribution >= 0.6 is 0 Å². The minimum absolute atomic E-state index is 0.0675. The van der Waals surface area contributed by atoms with Gasteiger partial charge in [-0.3, -0.25) is 20.2 Å². The highest BCUT2D eigenvalue weighted by molar-refractivity contribution is 6.01. The maximum absolute atomic E-state index is 14.6. The van der Waals surface area contributed by atoms with E-state index >= 15 is 0 Å². The largest absolute Gasteiger partial charge is 0.494 e. The summed E-state index contributed by atoms with van der Waals surface area (Å²) in [6.45, 7) is 17.3. The Bertz CT molecular complexity index is 1640. The smallest absolute Gasteiger partial charge is 0.412 e. The Morgan fingerprint density at radius 1 is 0.780 bits per heavy atom. The summed E-state index contributed by atoms with van der Waals surface area (Å²) in [6.07, 6.45) is 10.6. The summed E-state index contributed by atoms with van der Waals surface area (Å²) in [5.74, 6) is 0.892. The lowest BCUT2D eigenvalue weighted by molar-refractivity contribution is -0.150. The first-order valence-corrected chi connectivity index (χ1v) is 19.3. The summed E-state index contributed by atoms with van der Waals surface area (Å²) in [6, 6.07) is 12.7. The number of nitrogens with one attached hydrogen (secondary N) is 2. The predicted molar refractivity (Wildman–Crippen MR) is 199 cm³/mol. The molecular weight excluding hydrogens is 624 g/mol. The number of fused-ring (bicyclic) bond motifs is 6. The van der Waals surface area contributed by atoms with E-state index in [0.717, 1.165) is 82.8 Å². The van der Waals surface area contributed by atoms with E-state index in [1.165, 1.54) is 22.3 Å². The zero-order valence-corrected chi connectivity index (χ0v) is 31.9. The summed E-state index contributed by atoms with van der Waals surface area (Å²) < 4.78 is 11.6. The molecular formula is C43H60N2O5. The Morgan fingerprint density at radius 3 is 1.86 bits per heavy atom. The molecule has 3 amide bonds. The number of aryl methyl sites for hydroxylation is 2. The van der Waals surface area contributed by atoms with Crippen LogP contribution in [-0.2, 0) is 38.0 Å². The second-order valence-corrected chi connectivity index (χ2v) is 17.9. The van der Waals surface area contributed by atoms with E-state index < -0.39 is 22.5 Å². The fourth-order valence-corrected chi connectivity index (χ4v) is 10.8. The van der Waals surface area contributed by atoms with Crippen LogP contribution in [0.1, 0.15) is 142 Å². The van der Waals surface area contributed by atoms with Gasteiger partial charge in [0.25, 0.3) is 0 Å². The van der Waals surface area contributed by atoms with E-state index in [4.69, 9.17) is 9.47 Å². The third-order valence-electron chi connectivity index (χ3n) is 13.4. The van der Waals surface area contributed by atoms with E-state index in [1.54, 1.807) is 0 Å². The van der Waals surface area contributed by atoms with Gasteiger partial charge in [-0.05, 0) is 148 Å². The molecule has 0 heterocycles. The van der Waals surface area contributed by atoms with Crippen LogP contribution in [-0.4, -0.2) is 30.1 Å². The maximum Gasteiger partial charge on any atom is 0.412 e. The van der Waals surface area contributed by atoms with E-state index in [9.17, 15) is 14.4 Å². The monoisotopic (exact) mass is 684 g/mol. The van der Waals surface area contributed by atoms with Crippen molar-refractivity contribution in [2.45, 2.75) is 149 Å². The van der Waals surface area contributed by atoms with Crippen LogP contribution in [0.5, 0.6) is 5.75 Å². The highest BCUT2D eigenvalue weighted by atomic mass is 16.6. The van der Waals surface area contributed by atoms with Gasteiger partial charge in [-0.1, -0.05) is 66.0 Å². The van der Waals surface area contributed by atoms with Gasteiger partial charge < -0.3 is 9.47 Å². The Hall–Kier alpha value is -3.35. The molecule has 0 aromatic heterocycles. The third-order valence-corrected chi connectivity index (χ3v) is 13.4. The van der Waals surface area contributed by atoms with Gasteiger partial charge in [0.1, 0.15) is 11.4 Å². The minimum atomic E-state index is -0.687. The molecule has 2 fully saturated rings. The van der Waals surface area contributed by atoms with Gasteiger partial charge in [-0.25, -0.2) is 4.79 Å². The predicted octanol–water partition coefficient (Wildman–Crippen LogP) is 9.58. The average Bonchev–Trinajstić information content (AvgIpc) is 3.04. The number of unbranched alkanes of at least 4 members (excludes halogenated alkanes) is 1. The molecule has 2 saturated carbocycles. The second kappa shape index (κ2) is 13.3. The van der Waals surface area contributed by atoms with Crippen molar-refractivity contribution < 1.29 is 23.9 Å². The lowest BCUT2D eigenvalue weighted by Gasteiger charge is -2.56. The van der Waals surface area contributed by atoms with Gasteiger partial charge in [0, 0.05) is 5.69 Å². The molecule has 4 aliphatic carbocycles. The van der Waals surface area contributed by atoms with Crippen molar-refractivity contribution in [3.8, 4) is 5.75 Å². The van der Waals surface area contributed by atoms with Gasteiger partial charge in [0.05, 0.1) is 17.4 Å². The van der Waals surface area contributed by atoms with Crippen molar-refractivity contribution in [1.29, 1.82) is 0 Å². The topological polar surface area (TPSA) is 93.7 Å². The molecule has 2 aromatic rings. The van der Waals surface area contributed by atoms with Gasteiger partial charge in [0.2, 0.25) is 11.8 Å². The summed E-state index contributed by atoms with van der Waals surface area (Å²) in [5.41, 5.74) is 3.52. The lowest BCUT2D eigenvalue weighted by atomic mass is 9.49.